The minimum absolute atomic E-state index is 0.777. The molecule has 3 aromatic rings. The molecule has 98 valence electrons. The van der Waals surface area contributed by atoms with Gasteiger partial charge in [-0.2, -0.15) is 0 Å². The molecule has 4 heteroatoms. The number of imidazole rings is 1. The first-order valence-electron chi connectivity index (χ1n) is 6.41. The normalized spacial score (nSPS) is 11.3. The van der Waals surface area contributed by atoms with Gasteiger partial charge >= 0.3 is 0 Å². The molecule has 1 N–H and O–H groups in total. The van der Waals surface area contributed by atoms with Crippen molar-refractivity contribution in [1.82, 2.24) is 19.4 Å². The van der Waals surface area contributed by atoms with Crippen molar-refractivity contribution in [3.05, 3.63) is 42.5 Å². The van der Waals surface area contributed by atoms with E-state index in [-0.39, 0.29) is 0 Å². The Morgan fingerprint density at radius 3 is 2.74 bits per heavy atom. The lowest BCUT2D eigenvalue weighted by Gasteiger charge is -2.05. The number of nitrogens with one attached hydrogen (secondary N) is 1. The Balaban J connectivity index is 2.27. The van der Waals surface area contributed by atoms with Gasteiger partial charge in [0.25, 0.3) is 0 Å². The van der Waals surface area contributed by atoms with Crippen LogP contribution in [-0.4, -0.2) is 21.2 Å². The van der Waals surface area contributed by atoms with E-state index in [1.807, 2.05) is 20.4 Å². The number of para-hydroxylation sites is 1. The van der Waals surface area contributed by atoms with Gasteiger partial charge in [0, 0.05) is 43.3 Å². The van der Waals surface area contributed by atoms with Crippen molar-refractivity contribution in [2.45, 2.75) is 6.54 Å². The Morgan fingerprint density at radius 2 is 1.95 bits per heavy atom. The van der Waals surface area contributed by atoms with Crippen molar-refractivity contribution in [1.29, 1.82) is 0 Å². The average Bonchev–Trinajstić information content (AvgIpc) is 2.92. The lowest BCUT2D eigenvalue weighted by atomic mass is 10.1. The van der Waals surface area contributed by atoms with Gasteiger partial charge in [0.1, 0.15) is 0 Å². The van der Waals surface area contributed by atoms with Crippen LogP contribution in [0.1, 0.15) is 5.69 Å². The molecular weight excluding hydrogens is 236 g/mol. The highest BCUT2D eigenvalue weighted by Crippen LogP contribution is 2.31. The fourth-order valence-electron chi connectivity index (χ4n) is 2.65. The molecule has 2 aromatic heterocycles. The van der Waals surface area contributed by atoms with Crippen LogP contribution in [0.4, 0.5) is 0 Å². The van der Waals surface area contributed by atoms with Crippen LogP contribution in [0.15, 0.2) is 36.8 Å². The molecular formula is C15H18N4. The van der Waals surface area contributed by atoms with E-state index >= 15 is 0 Å². The first-order valence-corrected chi connectivity index (χ1v) is 6.41. The monoisotopic (exact) mass is 254 g/mol. The van der Waals surface area contributed by atoms with Gasteiger partial charge in [-0.05, 0) is 13.1 Å². The molecule has 0 bridgehead atoms. The molecule has 3 rings (SSSR count). The van der Waals surface area contributed by atoms with Crippen LogP contribution in [0.2, 0.25) is 0 Å². The van der Waals surface area contributed by atoms with Gasteiger partial charge in [-0.15, -0.1) is 0 Å². The third-order valence-corrected chi connectivity index (χ3v) is 3.51. The summed E-state index contributed by atoms with van der Waals surface area (Å²) in [6, 6.07) is 8.47. The van der Waals surface area contributed by atoms with Gasteiger partial charge < -0.3 is 14.5 Å². The van der Waals surface area contributed by atoms with Crippen molar-refractivity contribution in [2.75, 3.05) is 7.05 Å². The highest BCUT2D eigenvalue weighted by atomic mass is 15.1. The van der Waals surface area contributed by atoms with Crippen LogP contribution >= 0.6 is 0 Å². The van der Waals surface area contributed by atoms with Crippen LogP contribution in [0, 0.1) is 0 Å². The van der Waals surface area contributed by atoms with E-state index in [9.17, 15) is 0 Å². The Kier molecular flexibility index (Phi) is 2.87. The molecule has 2 heterocycles. The molecule has 0 aliphatic heterocycles. The molecule has 0 saturated heterocycles. The molecule has 0 saturated carbocycles. The number of nitrogens with zero attached hydrogens (tertiary/aromatic N) is 3. The highest BCUT2D eigenvalue weighted by Gasteiger charge is 2.15. The van der Waals surface area contributed by atoms with Crippen LogP contribution in [0.3, 0.4) is 0 Å². The van der Waals surface area contributed by atoms with Gasteiger partial charge in [0.15, 0.2) is 0 Å². The summed E-state index contributed by atoms with van der Waals surface area (Å²) >= 11 is 0. The Morgan fingerprint density at radius 1 is 1.16 bits per heavy atom. The molecule has 0 aliphatic carbocycles. The molecule has 1 aromatic carbocycles. The lowest BCUT2D eigenvalue weighted by Crippen LogP contribution is -2.07. The predicted octanol–water partition coefficient (Wildman–Crippen LogP) is 2.30. The van der Waals surface area contributed by atoms with Crippen LogP contribution < -0.4 is 5.32 Å². The molecule has 19 heavy (non-hydrogen) atoms. The van der Waals surface area contributed by atoms with Crippen LogP contribution in [0.25, 0.3) is 22.2 Å². The van der Waals surface area contributed by atoms with Gasteiger partial charge in [0.05, 0.1) is 17.7 Å². The van der Waals surface area contributed by atoms with Gasteiger partial charge in [-0.25, -0.2) is 4.98 Å². The van der Waals surface area contributed by atoms with E-state index in [1.165, 1.54) is 22.2 Å². The van der Waals surface area contributed by atoms with Crippen molar-refractivity contribution in [3.63, 3.8) is 0 Å². The maximum Gasteiger partial charge on any atom is 0.0952 e. The zero-order valence-corrected chi connectivity index (χ0v) is 11.5. The average molecular weight is 254 g/mol. The molecule has 0 unspecified atom stereocenters. The van der Waals surface area contributed by atoms with E-state index in [1.54, 1.807) is 0 Å². The number of aryl methyl sites for hydroxylation is 2. The fourth-order valence-corrected chi connectivity index (χ4v) is 2.65. The summed E-state index contributed by atoms with van der Waals surface area (Å²) in [7, 11) is 6.07. The second-order valence-corrected chi connectivity index (χ2v) is 4.85. The van der Waals surface area contributed by atoms with Gasteiger partial charge in [-0.3, -0.25) is 0 Å². The van der Waals surface area contributed by atoms with E-state index in [2.05, 4.69) is 56.9 Å². The number of aromatic nitrogens is 3. The van der Waals surface area contributed by atoms with Crippen LogP contribution in [-0.2, 0) is 20.6 Å². The molecule has 0 spiro atoms. The second-order valence-electron chi connectivity index (χ2n) is 4.85. The molecule has 4 nitrogen and oxygen atoms in total. The lowest BCUT2D eigenvalue weighted by molar-refractivity contribution is 0.797. The van der Waals surface area contributed by atoms with E-state index in [4.69, 9.17) is 0 Å². The Labute approximate surface area is 112 Å². The highest BCUT2D eigenvalue weighted by molar-refractivity contribution is 5.95. The number of hydrogen-bond acceptors (Lipinski definition) is 2. The third-order valence-electron chi connectivity index (χ3n) is 3.51. The smallest absolute Gasteiger partial charge is 0.0952 e. The number of benzene rings is 1. The number of rotatable bonds is 3. The molecule has 0 amide bonds. The van der Waals surface area contributed by atoms with Gasteiger partial charge in [-0.1, -0.05) is 18.2 Å². The Bertz CT molecular complexity index is 721. The third kappa shape index (κ3) is 1.85. The molecule has 0 radical (unpaired) electrons. The maximum atomic E-state index is 4.49. The molecule has 0 fully saturated rings. The quantitative estimate of drug-likeness (QED) is 0.778. The minimum atomic E-state index is 0.777. The van der Waals surface area contributed by atoms with Crippen molar-refractivity contribution in [3.8, 4) is 11.3 Å². The van der Waals surface area contributed by atoms with Crippen molar-refractivity contribution in [2.24, 2.45) is 14.1 Å². The Hall–Kier alpha value is -2.07. The summed E-state index contributed by atoms with van der Waals surface area (Å²) in [6.07, 6.45) is 4.06. The van der Waals surface area contributed by atoms with Gasteiger partial charge in [0.2, 0.25) is 0 Å². The fraction of sp³-hybridized carbons (Fsp3) is 0.267. The summed E-state index contributed by atoms with van der Waals surface area (Å²) in [5, 5.41) is 4.45. The van der Waals surface area contributed by atoms with Crippen molar-refractivity contribution < 1.29 is 0 Å². The second kappa shape index (κ2) is 4.55. The van der Waals surface area contributed by atoms with E-state index < -0.39 is 0 Å². The predicted molar refractivity (Wildman–Crippen MR) is 77.9 cm³/mol. The zero-order valence-electron chi connectivity index (χ0n) is 11.5. The SMILES string of the molecule is CNCc1ncn(C)c1-c1cn(C)c2ccccc12. The van der Waals surface area contributed by atoms with Crippen molar-refractivity contribution >= 4 is 10.9 Å². The summed E-state index contributed by atoms with van der Waals surface area (Å²) < 4.78 is 4.26. The first-order chi connectivity index (χ1) is 9.22. The zero-order chi connectivity index (χ0) is 13.4. The first kappa shape index (κ1) is 12.0. The van der Waals surface area contributed by atoms with E-state index in [0.717, 1.165) is 12.2 Å². The molecule has 0 aliphatic rings. The summed E-state index contributed by atoms with van der Waals surface area (Å²) in [6.45, 7) is 0.777. The maximum absolute atomic E-state index is 4.49. The standard InChI is InChI=1S/C15H18N4/c1-16-8-13-15(19(3)10-17-13)12-9-18(2)14-7-5-4-6-11(12)14/h4-7,9-10,16H,8H2,1-3H3. The summed E-state index contributed by atoms with van der Waals surface area (Å²) in [5.41, 5.74) is 4.75. The number of hydrogen-bond donors (Lipinski definition) is 1. The summed E-state index contributed by atoms with van der Waals surface area (Å²) in [4.78, 5) is 4.49. The largest absolute Gasteiger partial charge is 0.350 e. The summed E-state index contributed by atoms with van der Waals surface area (Å²) in [5.74, 6) is 0. The topological polar surface area (TPSA) is 34.8 Å². The van der Waals surface area contributed by atoms with Crippen LogP contribution in [0.5, 0.6) is 0 Å². The molecule has 0 atom stereocenters. The minimum Gasteiger partial charge on any atom is -0.350 e. The van der Waals surface area contributed by atoms with E-state index in [0.29, 0.717) is 0 Å². The number of fused-ring (bicyclic) bond motifs is 1.